The number of thiocarbonyl (C=S) groups is 1. The number of carbonyl (C=O) groups excluding carboxylic acids is 2. The monoisotopic (exact) mass is 361 g/mol. The van der Waals surface area contributed by atoms with Gasteiger partial charge in [-0.2, -0.15) is 0 Å². The number of hydrogen-bond acceptors (Lipinski definition) is 5. The van der Waals surface area contributed by atoms with Crippen molar-refractivity contribution in [1.82, 2.24) is 4.90 Å². The molecule has 0 saturated carbocycles. The molecule has 21 heavy (non-hydrogen) atoms. The number of carbonyl (C=O) groups is 2. The SMILES string of the molecule is COC(=O)CN1C(=O)C(=Cc2ccc(Cl)cc2Cl)SC1=S. The Kier molecular flexibility index (Phi) is 5.27. The van der Waals surface area contributed by atoms with Gasteiger partial charge in [-0.1, -0.05) is 53.2 Å². The molecule has 1 aliphatic rings. The molecule has 2 rings (SSSR count). The average molecular weight is 362 g/mol. The molecule has 1 saturated heterocycles. The maximum Gasteiger partial charge on any atom is 0.325 e. The molecule has 1 heterocycles. The lowest BCUT2D eigenvalue weighted by Gasteiger charge is -2.11. The third-order valence-corrected chi connectivity index (χ3v) is 4.58. The first-order valence-electron chi connectivity index (χ1n) is 5.69. The second-order valence-electron chi connectivity index (χ2n) is 4.01. The van der Waals surface area contributed by atoms with Crippen molar-refractivity contribution < 1.29 is 14.3 Å². The molecule has 0 unspecified atom stereocenters. The molecule has 8 heteroatoms. The molecule has 0 aromatic heterocycles. The second-order valence-corrected chi connectivity index (χ2v) is 6.53. The van der Waals surface area contributed by atoms with E-state index in [1.807, 2.05) is 0 Å². The Morgan fingerprint density at radius 2 is 2.19 bits per heavy atom. The van der Waals surface area contributed by atoms with Gasteiger partial charge in [0.05, 0.1) is 12.0 Å². The van der Waals surface area contributed by atoms with E-state index >= 15 is 0 Å². The van der Waals surface area contributed by atoms with E-state index in [0.29, 0.717) is 24.8 Å². The summed E-state index contributed by atoms with van der Waals surface area (Å²) in [5.41, 5.74) is 0.652. The lowest BCUT2D eigenvalue weighted by atomic mass is 10.2. The van der Waals surface area contributed by atoms with Gasteiger partial charge in [0.1, 0.15) is 10.9 Å². The molecule has 4 nitrogen and oxygen atoms in total. The summed E-state index contributed by atoms with van der Waals surface area (Å²) >= 11 is 18.1. The standard InChI is InChI=1S/C13H9Cl2NO3S2/c1-19-11(17)6-16-12(18)10(21-13(16)20)4-7-2-3-8(14)5-9(7)15/h2-5H,6H2,1H3. The molecular formula is C13H9Cl2NO3S2. The van der Waals surface area contributed by atoms with Crippen molar-refractivity contribution in [3.8, 4) is 0 Å². The number of ether oxygens (including phenoxy) is 1. The highest BCUT2D eigenvalue weighted by atomic mass is 35.5. The van der Waals surface area contributed by atoms with Gasteiger partial charge in [0, 0.05) is 10.0 Å². The molecule has 0 N–H and O–H groups in total. The maximum absolute atomic E-state index is 12.2. The van der Waals surface area contributed by atoms with Gasteiger partial charge in [-0.15, -0.1) is 0 Å². The summed E-state index contributed by atoms with van der Waals surface area (Å²) in [6.07, 6.45) is 1.62. The topological polar surface area (TPSA) is 46.6 Å². The Labute approximate surface area is 141 Å². The minimum Gasteiger partial charge on any atom is -0.468 e. The van der Waals surface area contributed by atoms with Crippen molar-refractivity contribution in [3.63, 3.8) is 0 Å². The molecule has 0 radical (unpaired) electrons. The van der Waals surface area contributed by atoms with Crippen LogP contribution in [-0.4, -0.2) is 34.8 Å². The van der Waals surface area contributed by atoms with E-state index in [0.717, 1.165) is 11.8 Å². The van der Waals surface area contributed by atoms with Crippen LogP contribution in [0.15, 0.2) is 23.1 Å². The van der Waals surface area contributed by atoms with Crippen LogP contribution in [0.1, 0.15) is 5.56 Å². The summed E-state index contributed by atoms with van der Waals surface area (Å²) in [5, 5.41) is 0.941. The summed E-state index contributed by atoms with van der Waals surface area (Å²) < 4.78 is 4.84. The number of hydrogen-bond donors (Lipinski definition) is 0. The van der Waals surface area contributed by atoms with Gasteiger partial charge in [0.2, 0.25) is 0 Å². The van der Waals surface area contributed by atoms with Crippen molar-refractivity contribution in [1.29, 1.82) is 0 Å². The van der Waals surface area contributed by atoms with Gasteiger partial charge in [0.15, 0.2) is 0 Å². The number of rotatable bonds is 3. The molecule has 0 atom stereocenters. The summed E-state index contributed by atoms with van der Waals surface area (Å²) in [6, 6.07) is 4.97. The Hall–Kier alpha value is -1.08. The van der Waals surface area contributed by atoms with Gasteiger partial charge in [-0.25, -0.2) is 0 Å². The highest BCUT2D eigenvalue weighted by molar-refractivity contribution is 8.26. The Bertz CT molecular complexity index is 661. The third kappa shape index (κ3) is 3.77. The molecule has 0 aliphatic carbocycles. The fourth-order valence-corrected chi connectivity index (χ4v) is 3.30. The third-order valence-electron chi connectivity index (χ3n) is 2.64. The van der Waals surface area contributed by atoms with Crippen molar-refractivity contribution in [3.05, 3.63) is 38.7 Å². The van der Waals surface area contributed by atoms with E-state index in [4.69, 9.17) is 35.4 Å². The van der Waals surface area contributed by atoms with Crippen molar-refractivity contribution in [2.24, 2.45) is 0 Å². The normalized spacial score (nSPS) is 16.7. The van der Waals surface area contributed by atoms with Gasteiger partial charge in [0.25, 0.3) is 5.91 Å². The van der Waals surface area contributed by atoms with E-state index in [-0.39, 0.29) is 12.5 Å². The summed E-state index contributed by atoms with van der Waals surface area (Å²) in [5.74, 6) is -0.876. The number of halogens is 2. The van der Waals surface area contributed by atoms with E-state index in [2.05, 4.69) is 4.74 Å². The first-order valence-corrected chi connectivity index (χ1v) is 7.67. The predicted molar refractivity (Wildman–Crippen MR) is 88.4 cm³/mol. The molecule has 0 spiro atoms. The van der Waals surface area contributed by atoms with Crippen LogP contribution in [0.3, 0.4) is 0 Å². The fraction of sp³-hybridized carbons (Fsp3) is 0.154. The summed E-state index contributed by atoms with van der Waals surface area (Å²) in [6.45, 7) is -0.202. The minimum atomic E-state index is -0.530. The van der Waals surface area contributed by atoms with Gasteiger partial charge in [-0.3, -0.25) is 14.5 Å². The van der Waals surface area contributed by atoms with Crippen LogP contribution in [0.25, 0.3) is 6.08 Å². The number of benzene rings is 1. The zero-order chi connectivity index (χ0) is 15.6. The zero-order valence-electron chi connectivity index (χ0n) is 10.8. The van der Waals surface area contributed by atoms with Crippen molar-refractivity contribution >= 4 is 69.5 Å². The number of amides is 1. The number of nitrogens with zero attached hydrogens (tertiary/aromatic N) is 1. The maximum atomic E-state index is 12.2. The number of esters is 1. The van der Waals surface area contributed by atoms with Gasteiger partial charge < -0.3 is 4.74 Å². The predicted octanol–water partition coefficient (Wildman–Crippen LogP) is 3.37. The lowest BCUT2D eigenvalue weighted by molar-refractivity contribution is -0.143. The first-order chi connectivity index (χ1) is 9.92. The summed E-state index contributed by atoms with van der Waals surface area (Å²) in [7, 11) is 1.25. The van der Waals surface area contributed by atoms with E-state index in [1.165, 1.54) is 12.0 Å². The average Bonchev–Trinajstić information content (AvgIpc) is 2.69. The zero-order valence-corrected chi connectivity index (χ0v) is 13.9. The van der Waals surface area contributed by atoms with Crippen LogP contribution >= 0.6 is 47.2 Å². The van der Waals surface area contributed by atoms with Crippen molar-refractivity contribution in [2.45, 2.75) is 0 Å². The van der Waals surface area contributed by atoms with E-state index in [1.54, 1.807) is 24.3 Å². The molecule has 1 aromatic carbocycles. The van der Waals surface area contributed by atoms with Crippen LogP contribution < -0.4 is 0 Å². The molecular weight excluding hydrogens is 353 g/mol. The largest absolute Gasteiger partial charge is 0.468 e. The van der Waals surface area contributed by atoms with Crippen molar-refractivity contribution in [2.75, 3.05) is 13.7 Å². The Morgan fingerprint density at radius 1 is 1.48 bits per heavy atom. The van der Waals surface area contributed by atoms with Crippen LogP contribution in [0.2, 0.25) is 10.0 Å². The summed E-state index contributed by atoms with van der Waals surface area (Å²) in [4.78, 5) is 25.1. The van der Waals surface area contributed by atoms with Crippen LogP contribution in [0, 0.1) is 0 Å². The number of thioether (sulfide) groups is 1. The lowest BCUT2D eigenvalue weighted by Crippen LogP contribution is -2.33. The second kappa shape index (κ2) is 6.79. The number of methoxy groups -OCH3 is 1. The molecule has 110 valence electrons. The molecule has 0 bridgehead atoms. The molecule has 1 amide bonds. The Balaban J connectivity index is 2.25. The fourth-order valence-electron chi connectivity index (χ4n) is 1.59. The molecule has 1 aliphatic heterocycles. The minimum absolute atomic E-state index is 0.202. The van der Waals surface area contributed by atoms with Gasteiger partial charge >= 0.3 is 5.97 Å². The smallest absolute Gasteiger partial charge is 0.325 e. The Morgan fingerprint density at radius 3 is 2.81 bits per heavy atom. The highest BCUT2D eigenvalue weighted by Crippen LogP contribution is 2.34. The van der Waals surface area contributed by atoms with Crippen LogP contribution in [0.5, 0.6) is 0 Å². The van der Waals surface area contributed by atoms with E-state index in [9.17, 15) is 9.59 Å². The highest BCUT2D eigenvalue weighted by Gasteiger charge is 2.33. The first kappa shape index (κ1) is 16.3. The molecule has 1 fully saturated rings. The van der Waals surface area contributed by atoms with Gasteiger partial charge in [-0.05, 0) is 23.8 Å². The van der Waals surface area contributed by atoms with Crippen LogP contribution in [-0.2, 0) is 14.3 Å². The quantitative estimate of drug-likeness (QED) is 0.469. The van der Waals surface area contributed by atoms with E-state index < -0.39 is 5.97 Å². The molecule has 1 aromatic rings. The van der Waals surface area contributed by atoms with Crippen LogP contribution in [0.4, 0.5) is 0 Å².